The highest BCUT2D eigenvalue weighted by Gasteiger charge is 2.03. The average molecular weight is 334 g/mol. The second-order valence-electron chi connectivity index (χ2n) is 4.63. The van der Waals surface area contributed by atoms with Crippen molar-refractivity contribution in [2.75, 3.05) is 19.8 Å². The van der Waals surface area contributed by atoms with Crippen LogP contribution >= 0.6 is 11.6 Å². The van der Waals surface area contributed by atoms with Crippen molar-refractivity contribution in [2.45, 2.75) is 0 Å². The quantitative estimate of drug-likeness (QED) is 0.596. The second kappa shape index (κ2) is 8.80. The fourth-order valence-electron chi connectivity index (χ4n) is 1.73. The maximum absolute atomic E-state index is 11.6. The van der Waals surface area contributed by atoms with Crippen LogP contribution in [0.4, 0.5) is 0 Å². The molecule has 23 heavy (non-hydrogen) atoms. The summed E-state index contributed by atoms with van der Waals surface area (Å²) in [6.45, 7) is 0.623. The molecule has 0 aliphatic heterocycles. The number of ether oxygens (including phenoxy) is 2. The summed E-state index contributed by atoms with van der Waals surface area (Å²) in [7, 11) is 0. The van der Waals surface area contributed by atoms with E-state index in [2.05, 4.69) is 5.32 Å². The molecule has 6 heteroatoms. The van der Waals surface area contributed by atoms with E-state index in [0.717, 1.165) is 6.29 Å². The third-order valence-corrected chi connectivity index (χ3v) is 3.14. The Morgan fingerprint density at radius 2 is 1.61 bits per heavy atom. The fraction of sp³-hybridized carbons (Fsp3) is 0.176. The van der Waals surface area contributed by atoms with Crippen LogP contribution in [-0.4, -0.2) is 32.0 Å². The molecule has 0 bridgehead atoms. The number of amides is 1. The summed E-state index contributed by atoms with van der Waals surface area (Å²) in [5, 5.41) is 3.33. The van der Waals surface area contributed by atoms with E-state index < -0.39 is 0 Å². The van der Waals surface area contributed by atoms with Gasteiger partial charge in [0.2, 0.25) is 0 Å². The van der Waals surface area contributed by atoms with Crippen LogP contribution in [0.3, 0.4) is 0 Å². The maximum Gasteiger partial charge on any atom is 0.258 e. The minimum Gasteiger partial charge on any atom is -0.492 e. The first-order valence-corrected chi connectivity index (χ1v) is 7.38. The smallest absolute Gasteiger partial charge is 0.258 e. The lowest BCUT2D eigenvalue weighted by molar-refractivity contribution is -0.123. The highest BCUT2D eigenvalue weighted by Crippen LogP contribution is 2.15. The second-order valence-corrected chi connectivity index (χ2v) is 5.06. The molecule has 0 radical (unpaired) electrons. The molecular formula is C17H16ClNO4. The monoisotopic (exact) mass is 333 g/mol. The minimum atomic E-state index is -0.246. The highest BCUT2D eigenvalue weighted by atomic mass is 35.5. The molecule has 2 aromatic rings. The Morgan fingerprint density at radius 3 is 2.26 bits per heavy atom. The minimum absolute atomic E-state index is 0.0959. The lowest BCUT2D eigenvalue weighted by Gasteiger charge is -2.09. The molecule has 0 fully saturated rings. The molecule has 0 aliphatic rings. The fourth-order valence-corrected chi connectivity index (χ4v) is 1.86. The number of rotatable bonds is 8. The molecule has 0 atom stereocenters. The van der Waals surface area contributed by atoms with E-state index in [-0.39, 0.29) is 12.5 Å². The van der Waals surface area contributed by atoms with Crippen molar-refractivity contribution in [3.05, 3.63) is 59.1 Å². The van der Waals surface area contributed by atoms with Crippen LogP contribution in [0.15, 0.2) is 48.5 Å². The molecule has 0 aromatic heterocycles. The molecule has 1 N–H and O–H groups in total. The number of hydrogen-bond donors (Lipinski definition) is 1. The van der Waals surface area contributed by atoms with E-state index >= 15 is 0 Å². The van der Waals surface area contributed by atoms with Gasteiger partial charge in [-0.1, -0.05) is 11.6 Å². The standard InChI is InChI=1S/C17H16ClNO4/c18-14-3-7-15(8-4-14)22-10-9-19-17(21)12-23-16-5-1-13(11-20)2-6-16/h1-8,11H,9-10,12H2,(H,19,21). The Bertz CT molecular complexity index is 641. The molecule has 5 nitrogen and oxygen atoms in total. The number of hydrogen-bond acceptors (Lipinski definition) is 4. The van der Waals surface area contributed by atoms with E-state index in [0.29, 0.717) is 35.2 Å². The van der Waals surface area contributed by atoms with Gasteiger partial charge in [0, 0.05) is 10.6 Å². The van der Waals surface area contributed by atoms with Gasteiger partial charge in [-0.3, -0.25) is 9.59 Å². The van der Waals surface area contributed by atoms with Crippen molar-refractivity contribution in [3.8, 4) is 11.5 Å². The van der Waals surface area contributed by atoms with Crippen molar-refractivity contribution < 1.29 is 19.1 Å². The zero-order chi connectivity index (χ0) is 16.5. The van der Waals surface area contributed by atoms with Gasteiger partial charge in [-0.15, -0.1) is 0 Å². The maximum atomic E-state index is 11.6. The van der Waals surface area contributed by atoms with E-state index in [4.69, 9.17) is 21.1 Å². The third kappa shape index (κ3) is 6.00. The summed E-state index contributed by atoms with van der Waals surface area (Å²) in [6.07, 6.45) is 0.747. The molecular weight excluding hydrogens is 318 g/mol. The lowest BCUT2D eigenvalue weighted by atomic mass is 10.2. The predicted octanol–water partition coefficient (Wildman–Crippen LogP) is 2.73. The first kappa shape index (κ1) is 16.8. The van der Waals surface area contributed by atoms with Crippen LogP contribution < -0.4 is 14.8 Å². The summed E-state index contributed by atoms with van der Waals surface area (Å²) in [6, 6.07) is 13.5. The van der Waals surface area contributed by atoms with Crippen molar-refractivity contribution in [3.63, 3.8) is 0 Å². The van der Waals surface area contributed by atoms with Gasteiger partial charge in [0.25, 0.3) is 5.91 Å². The number of carbonyl (C=O) groups excluding carboxylic acids is 2. The molecule has 0 saturated heterocycles. The molecule has 2 rings (SSSR count). The Labute approximate surface area is 139 Å². The SMILES string of the molecule is O=Cc1ccc(OCC(=O)NCCOc2ccc(Cl)cc2)cc1. The molecule has 0 aliphatic carbocycles. The van der Waals surface area contributed by atoms with Crippen molar-refractivity contribution in [1.82, 2.24) is 5.32 Å². The predicted molar refractivity (Wildman–Crippen MR) is 87.3 cm³/mol. The summed E-state index contributed by atoms with van der Waals surface area (Å²) in [5.74, 6) is 0.975. The largest absolute Gasteiger partial charge is 0.492 e. The van der Waals surface area contributed by atoms with Crippen molar-refractivity contribution in [2.24, 2.45) is 0 Å². The Balaban J connectivity index is 1.62. The highest BCUT2D eigenvalue weighted by molar-refractivity contribution is 6.30. The normalized spacial score (nSPS) is 9.96. The van der Waals surface area contributed by atoms with Crippen LogP contribution in [0.1, 0.15) is 10.4 Å². The molecule has 0 unspecified atom stereocenters. The molecule has 0 spiro atoms. The van der Waals surface area contributed by atoms with Gasteiger partial charge >= 0.3 is 0 Å². The summed E-state index contributed by atoms with van der Waals surface area (Å²) in [4.78, 5) is 22.2. The number of carbonyl (C=O) groups is 2. The summed E-state index contributed by atoms with van der Waals surface area (Å²) >= 11 is 5.77. The topological polar surface area (TPSA) is 64.6 Å². The van der Waals surface area contributed by atoms with Gasteiger partial charge in [0.05, 0.1) is 6.54 Å². The average Bonchev–Trinajstić information content (AvgIpc) is 2.59. The molecule has 0 heterocycles. The number of halogens is 1. The van der Waals surface area contributed by atoms with E-state index in [1.54, 1.807) is 48.5 Å². The van der Waals surface area contributed by atoms with Crippen LogP contribution in [0.25, 0.3) is 0 Å². The summed E-state index contributed by atoms with van der Waals surface area (Å²) in [5.41, 5.74) is 0.557. The zero-order valence-corrected chi connectivity index (χ0v) is 13.1. The van der Waals surface area contributed by atoms with Gasteiger partial charge in [-0.05, 0) is 48.5 Å². The third-order valence-electron chi connectivity index (χ3n) is 2.89. The molecule has 0 saturated carbocycles. The van der Waals surface area contributed by atoms with E-state index in [1.807, 2.05) is 0 Å². The lowest BCUT2D eigenvalue weighted by Crippen LogP contribution is -2.32. The van der Waals surface area contributed by atoms with Gasteiger partial charge in [-0.2, -0.15) is 0 Å². The number of nitrogens with one attached hydrogen (secondary N) is 1. The summed E-state index contributed by atoms with van der Waals surface area (Å²) < 4.78 is 10.8. The number of benzene rings is 2. The van der Waals surface area contributed by atoms with E-state index in [9.17, 15) is 9.59 Å². The van der Waals surface area contributed by atoms with Crippen LogP contribution in [0.2, 0.25) is 5.02 Å². The van der Waals surface area contributed by atoms with Gasteiger partial charge in [-0.25, -0.2) is 0 Å². The van der Waals surface area contributed by atoms with Crippen LogP contribution in [-0.2, 0) is 4.79 Å². The molecule has 2 aromatic carbocycles. The Kier molecular flexibility index (Phi) is 6.44. The van der Waals surface area contributed by atoms with Crippen molar-refractivity contribution >= 4 is 23.8 Å². The first-order chi connectivity index (χ1) is 11.2. The Hall–Kier alpha value is -2.53. The van der Waals surface area contributed by atoms with Gasteiger partial charge in [0.1, 0.15) is 24.4 Å². The first-order valence-electron chi connectivity index (χ1n) is 7.00. The van der Waals surface area contributed by atoms with Crippen LogP contribution in [0.5, 0.6) is 11.5 Å². The number of aldehydes is 1. The molecule has 120 valence electrons. The van der Waals surface area contributed by atoms with E-state index in [1.165, 1.54) is 0 Å². The molecule has 1 amide bonds. The van der Waals surface area contributed by atoms with Crippen LogP contribution in [0, 0.1) is 0 Å². The zero-order valence-electron chi connectivity index (χ0n) is 12.3. The van der Waals surface area contributed by atoms with Gasteiger partial charge in [0.15, 0.2) is 6.61 Å². The Morgan fingerprint density at radius 1 is 1.00 bits per heavy atom. The van der Waals surface area contributed by atoms with Gasteiger partial charge < -0.3 is 14.8 Å². The van der Waals surface area contributed by atoms with Crippen molar-refractivity contribution in [1.29, 1.82) is 0 Å².